The molecule has 0 saturated heterocycles. The van der Waals surface area contributed by atoms with Crippen LogP contribution in [0.15, 0.2) is 41.6 Å². The van der Waals surface area contributed by atoms with Gasteiger partial charge < -0.3 is 14.0 Å². The molecule has 2 heterocycles. The molecule has 0 aliphatic carbocycles. The lowest BCUT2D eigenvalue weighted by Gasteiger charge is -2.20. The molecule has 5 nitrogen and oxygen atoms in total. The predicted molar refractivity (Wildman–Crippen MR) is 98.4 cm³/mol. The van der Waals surface area contributed by atoms with Crippen molar-refractivity contribution in [2.75, 3.05) is 13.2 Å². The monoisotopic (exact) mass is 391 g/mol. The van der Waals surface area contributed by atoms with Gasteiger partial charge in [0.05, 0.1) is 5.02 Å². The van der Waals surface area contributed by atoms with E-state index in [-0.39, 0.29) is 5.82 Å². The lowest BCUT2D eigenvalue weighted by atomic mass is 10.2. The second kappa shape index (κ2) is 7.17. The largest absolute Gasteiger partial charge is 0.486 e. The fourth-order valence-corrected chi connectivity index (χ4v) is 3.82. The van der Waals surface area contributed by atoms with Crippen LogP contribution in [0.4, 0.5) is 4.39 Å². The lowest BCUT2D eigenvalue weighted by Crippen LogP contribution is -2.15. The van der Waals surface area contributed by atoms with Crippen LogP contribution in [0, 0.1) is 5.82 Å². The summed E-state index contributed by atoms with van der Waals surface area (Å²) in [5, 5.41) is 9.75. The Bertz CT molecular complexity index is 946. The van der Waals surface area contributed by atoms with Crippen molar-refractivity contribution in [1.29, 1.82) is 0 Å². The molecule has 0 unspecified atom stereocenters. The predicted octanol–water partition coefficient (Wildman–Crippen LogP) is 4.34. The Morgan fingerprint density at radius 2 is 1.92 bits per heavy atom. The van der Waals surface area contributed by atoms with Crippen LogP contribution in [0.3, 0.4) is 0 Å². The third-order valence-electron chi connectivity index (χ3n) is 3.96. The van der Waals surface area contributed by atoms with Crippen molar-refractivity contribution in [2.24, 2.45) is 7.05 Å². The van der Waals surface area contributed by atoms with E-state index < -0.39 is 0 Å². The molecule has 8 heteroatoms. The van der Waals surface area contributed by atoms with Gasteiger partial charge in [-0.05, 0) is 42.0 Å². The normalized spacial score (nSPS) is 13.0. The summed E-state index contributed by atoms with van der Waals surface area (Å²) in [7, 11) is 1.89. The topological polar surface area (TPSA) is 49.2 Å². The summed E-state index contributed by atoms with van der Waals surface area (Å²) in [6.45, 7) is 1.02. The number of aromatic nitrogens is 3. The van der Waals surface area contributed by atoms with Crippen molar-refractivity contribution >= 4 is 23.4 Å². The molecule has 0 spiro atoms. The van der Waals surface area contributed by atoms with Crippen molar-refractivity contribution in [3.05, 3.63) is 52.8 Å². The Morgan fingerprint density at radius 1 is 1.15 bits per heavy atom. The average molecular weight is 392 g/mol. The van der Waals surface area contributed by atoms with Crippen LogP contribution in [0.1, 0.15) is 5.56 Å². The Balaban J connectivity index is 1.52. The molecule has 1 aliphatic rings. The Labute approximate surface area is 159 Å². The molecular weight excluding hydrogens is 377 g/mol. The maximum absolute atomic E-state index is 13.1. The van der Waals surface area contributed by atoms with Gasteiger partial charge in [-0.15, -0.1) is 10.2 Å². The summed E-state index contributed by atoms with van der Waals surface area (Å²) < 4.78 is 26.1. The molecule has 0 atom stereocenters. The molecule has 26 heavy (non-hydrogen) atoms. The fourth-order valence-electron chi connectivity index (χ4n) is 2.69. The maximum Gasteiger partial charge on any atom is 0.191 e. The summed E-state index contributed by atoms with van der Waals surface area (Å²) in [6, 6.07) is 10.0. The number of benzene rings is 2. The molecule has 1 aromatic heterocycles. The van der Waals surface area contributed by atoms with Gasteiger partial charge in [0.1, 0.15) is 19.0 Å². The first-order valence-electron chi connectivity index (χ1n) is 7.98. The highest BCUT2D eigenvalue weighted by atomic mass is 35.5. The zero-order chi connectivity index (χ0) is 18.1. The highest BCUT2D eigenvalue weighted by Gasteiger charge is 2.17. The zero-order valence-corrected chi connectivity index (χ0v) is 15.5. The quantitative estimate of drug-likeness (QED) is 0.619. The number of hydrogen-bond acceptors (Lipinski definition) is 5. The van der Waals surface area contributed by atoms with Gasteiger partial charge in [-0.3, -0.25) is 0 Å². The van der Waals surface area contributed by atoms with Crippen molar-refractivity contribution in [3.8, 4) is 22.9 Å². The molecule has 134 valence electrons. The molecule has 2 aromatic carbocycles. The van der Waals surface area contributed by atoms with E-state index in [0.29, 0.717) is 41.3 Å². The van der Waals surface area contributed by atoms with Crippen LogP contribution in [0.2, 0.25) is 5.02 Å². The lowest BCUT2D eigenvalue weighted by molar-refractivity contribution is 0.171. The molecule has 0 saturated carbocycles. The number of hydrogen-bond donors (Lipinski definition) is 0. The smallest absolute Gasteiger partial charge is 0.191 e. The zero-order valence-electron chi connectivity index (χ0n) is 13.9. The van der Waals surface area contributed by atoms with E-state index in [9.17, 15) is 4.39 Å². The number of nitrogens with zero attached hydrogens (tertiary/aromatic N) is 3. The van der Waals surface area contributed by atoms with Crippen LogP contribution in [0.25, 0.3) is 11.4 Å². The third-order valence-corrected chi connectivity index (χ3v) is 5.33. The van der Waals surface area contributed by atoms with Crippen LogP contribution in [-0.4, -0.2) is 28.0 Å². The second-order valence-electron chi connectivity index (χ2n) is 5.76. The summed E-state index contributed by atoms with van der Waals surface area (Å²) in [5.41, 5.74) is 1.83. The number of rotatable bonds is 4. The Morgan fingerprint density at radius 3 is 2.73 bits per heavy atom. The van der Waals surface area contributed by atoms with Crippen LogP contribution in [-0.2, 0) is 12.8 Å². The number of halogens is 2. The van der Waals surface area contributed by atoms with Gasteiger partial charge in [0, 0.05) is 18.4 Å². The van der Waals surface area contributed by atoms with E-state index in [0.717, 1.165) is 16.3 Å². The average Bonchev–Trinajstić information content (AvgIpc) is 3.01. The van der Waals surface area contributed by atoms with E-state index in [2.05, 4.69) is 10.2 Å². The minimum absolute atomic E-state index is 0.277. The van der Waals surface area contributed by atoms with Crippen molar-refractivity contribution in [3.63, 3.8) is 0 Å². The molecule has 0 amide bonds. The van der Waals surface area contributed by atoms with Crippen LogP contribution >= 0.6 is 23.4 Å². The standard InChI is InChI=1S/C18H15ClFN3O2S/c1-23-17(12-2-4-13(20)5-3-12)21-22-18(23)26-10-11-8-14(19)16-15(9-11)24-6-7-25-16/h2-5,8-9H,6-7,10H2,1H3. The highest BCUT2D eigenvalue weighted by Crippen LogP contribution is 2.39. The molecule has 4 rings (SSSR count). The number of ether oxygens (including phenoxy) is 2. The van der Waals surface area contributed by atoms with Crippen molar-refractivity contribution in [2.45, 2.75) is 10.9 Å². The van der Waals surface area contributed by atoms with E-state index in [1.165, 1.54) is 23.9 Å². The number of fused-ring (bicyclic) bond motifs is 1. The van der Waals surface area contributed by atoms with E-state index in [1.807, 2.05) is 23.7 Å². The second-order valence-corrected chi connectivity index (χ2v) is 7.11. The summed E-state index contributed by atoms with van der Waals surface area (Å²) in [6.07, 6.45) is 0. The third kappa shape index (κ3) is 3.37. The van der Waals surface area contributed by atoms with E-state index in [4.69, 9.17) is 21.1 Å². The first kappa shape index (κ1) is 17.2. The molecule has 0 N–H and O–H groups in total. The molecule has 0 fully saturated rings. The molecule has 0 radical (unpaired) electrons. The van der Waals surface area contributed by atoms with Gasteiger partial charge in [-0.2, -0.15) is 0 Å². The van der Waals surface area contributed by atoms with Gasteiger partial charge in [0.25, 0.3) is 0 Å². The summed E-state index contributed by atoms with van der Waals surface area (Å²) in [5.74, 6) is 2.34. The van der Waals surface area contributed by atoms with E-state index >= 15 is 0 Å². The SMILES string of the molecule is Cn1c(SCc2cc(Cl)c3c(c2)OCCO3)nnc1-c1ccc(F)cc1. The highest BCUT2D eigenvalue weighted by molar-refractivity contribution is 7.98. The van der Waals surface area contributed by atoms with Gasteiger partial charge in [-0.25, -0.2) is 4.39 Å². The van der Waals surface area contributed by atoms with Crippen LogP contribution < -0.4 is 9.47 Å². The van der Waals surface area contributed by atoms with Gasteiger partial charge in [0.2, 0.25) is 0 Å². The fraction of sp³-hybridized carbons (Fsp3) is 0.222. The van der Waals surface area contributed by atoms with Gasteiger partial charge in [-0.1, -0.05) is 23.4 Å². The Kier molecular flexibility index (Phi) is 4.74. The minimum atomic E-state index is -0.277. The van der Waals surface area contributed by atoms with Crippen molar-refractivity contribution < 1.29 is 13.9 Å². The molecule has 1 aliphatic heterocycles. The first-order chi connectivity index (χ1) is 12.6. The maximum atomic E-state index is 13.1. The molecular formula is C18H15ClFN3O2S. The first-order valence-corrected chi connectivity index (χ1v) is 9.34. The minimum Gasteiger partial charge on any atom is -0.486 e. The van der Waals surface area contributed by atoms with Gasteiger partial charge >= 0.3 is 0 Å². The van der Waals surface area contributed by atoms with Crippen LogP contribution in [0.5, 0.6) is 11.5 Å². The van der Waals surface area contributed by atoms with Crippen molar-refractivity contribution in [1.82, 2.24) is 14.8 Å². The Hall–Kier alpha value is -2.25. The molecule has 3 aromatic rings. The molecule has 0 bridgehead atoms. The summed E-state index contributed by atoms with van der Waals surface area (Å²) >= 11 is 7.82. The van der Waals surface area contributed by atoms with E-state index in [1.54, 1.807) is 12.1 Å². The summed E-state index contributed by atoms with van der Waals surface area (Å²) in [4.78, 5) is 0. The number of thioether (sulfide) groups is 1. The van der Waals surface area contributed by atoms with Gasteiger partial charge in [0.15, 0.2) is 22.5 Å².